The molecular formula is C14H16N4OS. The van der Waals surface area contributed by atoms with Crippen molar-refractivity contribution in [2.75, 3.05) is 18.7 Å². The van der Waals surface area contributed by atoms with Crippen molar-refractivity contribution in [2.24, 2.45) is 0 Å². The number of anilines is 2. The molecule has 0 unspecified atom stereocenters. The number of hydrogen-bond donors (Lipinski definition) is 2. The molecule has 1 aromatic carbocycles. The second-order valence-corrected chi connectivity index (χ2v) is 5.19. The Kier molecular flexibility index (Phi) is 3.75. The van der Waals surface area contributed by atoms with E-state index >= 15 is 0 Å². The van der Waals surface area contributed by atoms with Gasteiger partial charge in [0.15, 0.2) is 5.16 Å². The number of nitrogens with one attached hydrogen (secondary N) is 2. The quantitative estimate of drug-likeness (QED) is 0.666. The van der Waals surface area contributed by atoms with E-state index < -0.39 is 0 Å². The van der Waals surface area contributed by atoms with Gasteiger partial charge in [0.05, 0.1) is 18.5 Å². The average Bonchev–Trinajstić information content (AvgIpc) is 2.96. The van der Waals surface area contributed by atoms with E-state index in [2.05, 4.69) is 20.6 Å². The van der Waals surface area contributed by atoms with Crippen molar-refractivity contribution in [1.29, 1.82) is 0 Å². The normalized spacial score (nSPS) is 13.1. The number of thioether (sulfide) groups is 1. The van der Waals surface area contributed by atoms with E-state index in [0.29, 0.717) is 0 Å². The van der Waals surface area contributed by atoms with Crippen LogP contribution in [0.2, 0.25) is 0 Å². The summed E-state index contributed by atoms with van der Waals surface area (Å²) in [5.74, 6) is 1.66. The summed E-state index contributed by atoms with van der Waals surface area (Å²) in [6.07, 6.45) is 1.98. The number of aromatic nitrogens is 2. The van der Waals surface area contributed by atoms with Gasteiger partial charge in [0.25, 0.3) is 0 Å². The second-order valence-electron chi connectivity index (χ2n) is 4.41. The minimum absolute atomic E-state index is 0.782. The van der Waals surface area contributed by atoms with Gasteiger partial charge in [-0.3, -0.25) is 0 Å². The Morgan fingerprint density at radius 3 is 2.90 bits per heavy atom. The van der Waals surface area contributed by atoms with E-state index in [1.54, 1.807) is 18.9 Å². The molecule has 2 N–H and O–H groups in total. The lowest BCUT2D eigenvalue weighted by Gasteiger charge is -2.13. The lowest BCUT2D eigenvalue weighted by Crippen LogP contribution is -2.04. The van der Waals surface area contributed by atoms with Crippen LogP contribution in [0.4, 0.5) is 11.5 Å². The summed E-state index contributed by atoms with van der Waals surface area (Å²) in [7, 11) is 1.67. The number of ether oxygens (including phenoxy) is 1. The van der Waals surface area contributed by atoms with Crippen molar-refractivity contribution >= 4 is 23.3 Å². The summed E-state index contributed by atoms with van der Waals surface area (Å²) in [4.78, 5) is 9.11. The summed E-state index contributed by atoms with van der Waals surface area (Å²) in [5.41, 5.74) is 3.12. The number of methoxy groups -OCH3 is 1. The first-order valence-electron chi connectivity index (χ1n) is 6.36. The molecule has 0 aliphatic carbocycles. The van der Waals surface area contributed by atoms with Gasteiger partial charge < -0.3 is 15.4 Å². The summed E-state index contributed by atoms with van der Waals surface area (Å²) < 4.78 is 5.37. The third-order valence-electron chi connectivity index (χ3n) is 3.21. The molecule has 2 heterocycles. The zero-order valence-electron chi connectivity index (χ0n) is 11.4. The first-order valence-corrected chi connectivity index (χ1v) is 7.59. The zero-order valence-corrected chi connectivity index (χ0v) is 12.3. The molecule has 20 heavy (non-hydrogen) atoms. The maximum absolute atomic E-state index is 5.37. The number of nitrogens with zero attached hydrogens (tertiary/aromatic N) is 2. The Labute approximate surface area is 122 Å². The Morgan fingerprint density at radius 1 is 1.25 bits per heavy atom. The smallest absolute Gasteiger partial charge is 0.189 e. The predicted molar refractivity (Wildman–Crippen MR) is 80.6 cm³/mol. The van der Waals surface area contributed by atoms with E-state index in [1.165, 1.54) is 0 Å². The van der Waals surface area contributed by atoms with E-state index in [1.807, 2.05) is 30.5 Å². The van der Waals surface area contributed by atoms with Crippen LogP contribution < -0.4 is 15.4 Å². The highest BCUT2D eigenvalue weighted by Crippen LogP contribution is 2.30. The van der Waals surface area contributed by atoms with Gasteiger partial charge in [0.2, 0.25) is 0 Å². The minimum atomic E-state index is 0.782. The van der Waals surface area contributed by atoms with Gasteiger partial charge in [0.1, 0.15) is 11.6 Å². The fourth-order valence-electron chi connectivity index (χ4n) is 2.22. The molecule has 1 aliphatic rings. The van der Waals surface area contributed by atoms with Gasteiger partial charge in [-0.05, 0) is 18.4 Å². The van der Waals surface area contributed by atoms with Crippen LogP contribution in [0, 0.1) is 0 Å². The molecule has 0 saturated heterocycles. The van der Waals surface area contributed by atoms with Crippen LogP contribution in [-0.4, -0.2) is 23.3 Å². The molecule has 0 radical (unpaired) electrons. The number of rotatable bonds is 4. The van der Waals surface area contributed by atoms with Crippen LogP contribution in [0.1, 0.15) is 11.3 Å². The number of hydrogen-bond acceptors (Lipinski definition) is 6. The van der Waals surface area contributed by atoms with Crippen molar-refractivity contribution in [3.63, 3.8) is 0 Å². The van der Waals surface area contributed by atoms with Crippen molar-refractivity contribution in [3.8, 4) is 5.75 Å². The van der Waals surface area contributed by atoms with Crippen molar-refractivity contribution in [2.45, 2.75) is 18.2 Å². The first-order chi connectivity index (χ1) is 9.81. The van der Waals surface area contributed by atoms with Crippen molar-refractivity contribution < 1.29 is 4.74 Å². The summed E-state index contributed by atoms with van der Waals surface area (Å²) in [5, 5.41) is 7.46. The molecule has 6 heteroatoms. The molecule has 0 amide bonds. The molecule has 1 aromatic heterocycles. The monoisotopic (exact) mass is 288 g/mol. The number of benzene rings is 1. The fraction of sp³-hybridized carbons (Fsp3) is 0.286. The van der Waals surface area contributed by atoms with E-state index in [0.717, 1.165) is 46.8 Å². The molecule has 2 aromatic rings. The first kappa shape index (κ1) is 13.2. The van der Waals surface area contributed by atoms with Gasteiger partial charge in [-0.1, -0.05) is 23.9 Å². The van der Waals surface area contributed by atoms with Gasteiger partial charge in [-0.2, -0.15) is 0 Å². The molecule has 1 aliphatic heterocycles. The summed E-state index contributed by atoms with van der Waals surface area (Å²) in [6.45, 7) is 1.59. The lowest BCUT2D eigenvalue weighted by atomic mass is 10.2. The van der Waals surface area contributed by atoms with E-state index in [4.69, 9.17) is 4.74 Å². The van der Waals surface area contributed by atoms with Gasteiger partial charge >= 0.3 is 0 Å². The lowest BCUT2D eigenvalue weighted by molar-refractivity contribution is 0.417. The van der Waals surface area contributed by atoms with E-state index in [-0.39, 0.29) is 0 Å². The van der Waals surface area contributed by atoms with Crippen LogP contribution in [0.15, 0.2) is 29.4 Å². The van der Waals surface area contributed by atoms with Crippen LogP contribution in [0.25, 0.3) is 0 Å². The Balaban J connectivity index is 2.00. The highest BCUT2D eigenvalue weighted by molar-refractivity contribution is 7.98. The summed E-state index contributed by atoms with van der Waals surface area (Å²) >= 11 is 1.55. The molecule has 104 valence electrons. The maximum Gasteiger partial charge on any atom is 0.189 e. The van der Waals surface area contributed by atoms with Crippen LogP contribution >= 0.6 is 11.8 Å². The molecule has 0 fully saturated rings. The maximum atomic E-state index is 5.37. The average molecular weight is 288 g/mol. The number of fused-ring (bicyclic) bond motifs is 1. The van der Waals surface area contributed by atoms with Gasteiger partial charge in [0, 0.05) is 18.7 Å². The van der Waals surface area contributed by atoms with E-state index in [9.17, 15) is 0 Å². The number of para-hydroxylation sites is 2. The van der Waals surface area contributed by atoms with Crippen LogP contribution in [-0.2, 0) is 13.1 Å². The highest BCUT2D eigenvalue weighted by Gasteiger charge is 2.19. The summed E-state index contributed by atoms with van der Waals surface area (Å²) in [6, 6.07) is 7.83. The molecule has 0 saturated carbocycles. The largest absolute Gasteiger partial charge is 0.495 e. The molecule has 5 nitrogen and oxygen atoms in total. The minimum Gasteiger partial charge on any atom is -0.495 e. The molecule has 0 atom stereocenters. The third-order valence-corrected chi connectivity index (χ3v) is 3.76. The topological polar surface area (TPSA) is 59.1 Å². The molecular weight excluding hydrogens is 272 g/mol. The molecule has 3 rings (SSSR count). The van der Waals surface area contributed by atoms with Crippen LogP contribution in [0.3, 0.4) is 0 Å². The fourth-order valence-corrected chi connectivity index (χ4v) is 2.60. The Bertz CT molecular complexity index is 633. The predicted octanol–water partition coefficient (Wildman–Crippen LogP) is 2.55. The highest BCUT2D eigenvalue weighted by atomic mass is 32.2. The third kappa shape index (κ3) is 2.44. The molecule has 0 bridgehead atoms. The standard InChI is InChI=1S/C14H16N4OS/c1-19-12-6-4-3-5-10(12)16-13-9-7-15-8-11(9)17-14(18-13)20-2/h3-6,15H,7-8H2,1-2H3,(H,16,17,18). The molecule has 0 spiro atoms. The SMILES string of the molecule is COc1ccccc1Nc1nc(SC)nc2c1CNC2. The second kappa shape index (κ2) is 5.68. The van der Waals surface area contributed by atoms with Crippen molar-refractivity contribution in [3.05, 3.63) is 35.5 Å². The Morgan fingerprint density at radius 2 is 2.10 bits per heavy atom. The van der Waals surface area contributed by atoms with Gasteiger partial charge in [-0.15, -0.1) is 0 Å². The van der Waals surface area contributed by atoms with Gasteiger partial charge in [-0.25, -0.2) is 9.97 Å². The zero-order chi connectivity index (χ0) is 13.9. The van der Waals surface area contributed by atoms with Crippen molar-refractivity contribution in [1.82, 2.24) is 15.3 Å². The van der Waals surface area contributed by atoms with Crippen LogP contribution in [0.5, 0.6) is 5.75 Å². The Hall–Kier alpha value is -1.79.